The molecule has 0 saturated carbocycles. The van der Waals surface area contributed by atoms with E-state index < -0.39 is 0 Å². The summed E-state index contributed by atoms with van der Waals surface area (Å²) in [4.78, 5) is 16.9. The van der Waals surface area contributed by atoms with E-state index in [0.29, 0.717) is 18.2 Å². The van der Waals surface area contributed by atoms with Gasteiger partial charge < -0.3 is 9.88 Å². The van der Waals surface area contributed by atoms with Gasteiger partial charge in [0.2, 0.25) is 0 Å². The number of rotatable bonds is 5. The van der Waals surface area contributed by atoms with E-state index in [2.05, 4.69) is 39.0 Å². The Balaban J connectivity index is 1.73. The van der Waals surface area contributed by atoms with Crippen LogP contribution in [0.4, 0.5) is 5.69 Å². The first kappa shape index (κ1) is 18.8. The molecule has 2 aromatic heterocycles. The predicted molar refractivity (Wildman–Crippen MR) is 105 cm³/mol. The van der Waals surface area contributed by atoms with Crippen molar-refractivity contribution < 1.29 is 4.79 Å². The summed E-state index contributed by atoms with van der Waals surface area (Å²) in [5.41, 5.74) is 1.90. The van der Waals surface area contributed by atoms with Crippen molar-refractivity contribution in [2.45, 2.75) is 52.6 Å². The molecule has 0 atom stereocenters. The zero-order valence-corrected chi connectivity index (χ0v) is 16.5. The molecule has 0 spiro atoms. The fraction of sp³-hybridized carbons (Fsp3) is 0.400. The van der Waals surface area contributed by atoms with Gasteiger partial charge in [-0.15, -0.1) is 5.10 Å². The fourth-order valence-electron chi connectivity index (χ4n) is 2.79. The van der Waals surface area contributed by atoms with Crippen LogP contribution in [0.25, 0.3) is 0 Å². The van der Waals surface area contributed by atoms with Gasteiger partial charge in [-0.1, -0.05) is 31.2 Å². The number of amides is 1. The van der Waals surface area contributed by atoms with E-state index in [1.165, 1.54) is 0 Å². The molecule has 7 heteroatoms. The molecule has 0 bridgehead atoms. The number of aromatic nitrogens is 5. The minimum Gasteiger partial charge on any atom is -0.330 e. The summed E-state index contributed by atoms with van der Waals surface area (Å²) in [6.07, 6.45) is 5.46. The number of benzene rings is 1. The van der Waals surface area contributed by atoms with Gasteiger partial charge in [-0.2, -0.15) is 0 Å². The smallest absolute Gasteiger partial charge is 0.277 e. The maximum Gasteiger partial charge on any atom is 0.277 e. The first-order valence-electron chi connectivity index (χ1n) is 9.08. The van der Waals surface area contributed by atoms with Crippen LogP contribution in [0, 0.1) is 0 Å². The maximum absolute atomic E-state index is 12.5. The fourth-order valence-corrected chi connectivity index (χ4v) is 2.79. The highest BCUT2D eigenvalue weighted by Gasteiger charge is 2.18. The molecule has 142 valence electrons. The molecule has 0 radical (unpaired) electrons. The summed E-state index contributed by atoms with van der Waals surface area (Å²) < 4.78 is 3.81. The Labute approximate surface area is 159 Å². The van der Waals surface area contributed by atoms with Gasteiger partial charge in [0.15, 0.2) is 5.69 Å². The quantitative estimate of drug-likeness (QED) is 0.747. The number of carbonyl (C=O) groups is 1. The highest BCUT2D eigenvalue weighted by atomic mass is 16.2. The SMILES string of the molecule is CC(C)c1nccn1Cc1cccc(NC(=O)c2cn(C(C)(C)C)nn2)c1. The molecular weight excluding hydrogens is 340 g/mol. The van der Waals surface area contributed by atoms with E-state index in [1.807, 2.05) is 57.4 Å². The van der Waals surface area contributed by atoms with Crippen LogP contribution in [-0.4, -0.2) is 30.5 Å². The van der Waals surface area contributed by atoms with Crippen LogP contribution in [-0.2, 0) is 12.1 Å². The average molecular weight is 366 g/mol. The summed E-state index contributed by atoms with van der Waals surface area (Å²) >= 11 is 0. The van der Waals surface area contributed by atoms with Gasteiger partial charge in [0.05, 0.1) is 11.7 Å². The van der Waals surface area contributed by atoms with Crippen LogP contribution >= 0.6 is 0 Å². The predicted octanol–water partition coefficient (Wildman–Crippen LogP) is 3.65. The number of anilines is 1. The second-order valence-corrected chi connectivity index (χ2v) is 7.94. The zero-order chi connectivity index (χ0) is 19.6. The van der Waals surface area contributed by atoms with E-state index in [9.17, 15) is 4.79 Å². The van der Waals surface area contributed by atoms with Gasteiger partial charge >= 0.3 is 0 Å². The number of nitrogens with zero attached hydrogens (tertiary/aromatic N) is 5. The van der Waals surface area contributed by atoms with Gasteiger partial charge in [0.1, 0.15) is 5.82 Å². The zero-order valence-electron chi connectivity index (χ0n) is 16.5. The van der Waals surface area contributed by atoms with E-state index in [1.54, 1.807) is 10.9 Å². The van der Waals surface area contributed by atoms with Crippen molar-refractivity contribution >= 4 is 11.6 Å². The Morgan fingerprint density at radius 1 is 1.26 bits per heavy atom. The Kier molecular flexibility index (Phi) is 5.12. The monoisotopic (exact) mass is 366 g/mol. The van der Waals surface area contributed by atoms with Crippen molar-refractivity contribution in [1.82, 2.24) is 24.5 Å². The average Bonchev–Trinajstić information content (AvgIpc) is 3.24. The first-order chi connectivity index (χ1) is 12.7. The molecule has 0 aliphatic heterocycles. The van der Waals surface area contributed by atoms with Crippen molar-refractivity contribution in [3.63, 3.8) is 0 Å². The summed E-state index contributed by atoms with van der Waals surface area (Å²) in [7, 11) is 0. The molecule has 3 rings (SSSR count). The summed E-state index contributed by atoms with van der Waals surface area (Å²) in [6, 6.07) is 7.81. The molecule has 7 nitrogen and oxygen atoms in total. The van der Waals surface area contributed by atoms with E-state index in [0.717, 1.165) is 17.1 Å². The molecule has 27 heavy (non-hydrogen) atoms. The molecule has 1 N–H and O–H groups in total. The van der Waals surface area contributed by atoms with Gasteiger partial charge in [0.25, 0.3) is 5.91 Å². The molecule has 2 heterocycles. The van der Waals surface area contributed by atoms with Crippen molar-refractivity contribution in [3.8, 4) is 0 Å². The van der Waals surface area contributed by atoms with Gasteiger partial charge in [-0.3, -0.25) is 4.79 Å². The third kappa shape index (κ3) is 4.42. The van der Waals surface area contributed by atoms with Crippen LogP contribution in [0.15, 0.2) is 42.9 Å². The van der Waals surface area contributed by atoms with Gasteiger partial charge in [0, 0.05) is 30.5 Å². The van der Waals surface area contributed by atoms with Crippen molar-refractivity contribution in [2.75, 3.05) is 5.32 Å². The van der Waals surface area contributed by atoms with E-state index in [-0.39, 0.29) is 11.4 Å². The molecule has 1 aromatic carbocycles. The Morgan fingerprint density at radius 2 is 2.04 bits per heavy atom. The van der Waals surface area contributed by atoms with E-state index in [4.69, 9.17) is 0 Å². The van der Waals surface area contributed by atoms with Crippen LogP contribution in [0.5, 0.6) is 0 Å². The summed E-state index contributed by atoms with van der Waals surface area (Å²) in [5.74, 6) is 1.13. The molecule has 1 amide bonds. The highest BCUT2D eigenvalue weighted by Crippen LogP contribution is 2.17. The van der Waals surface area contributed by atoms with Crippen LogP contribution < -0.4 is 5.32 Å². The van der Waals surface area contributed by atoms with Gasteiger partial charge in [-0.05, 0) is 38.5 Å². The Morgan fingerprint density at radius 3 is 2.70 bits per heavy atom. The third-order valence-electron chi connectivity index (χ3n) is 4.22. The summed E-state index contributed by atoms with van der Waals surface area (Å²) in [6.45, 7) is 11.0. The topological polar surface area (TPSA) is 77.6 Å². The Bertz CT molecular complexity index is 932. The number of hydrogen-bond acceptors (Lipinski definition) is 4. The number of nitrogens with one attached hydrogen (secondary N) is 1. The number of imidazole rings is 1. The minimum absolute atomic E-state index is 0.218. The number of hydrogen-bond donors (Lipinski definition) is 1. The molecule has 0 unspecified atom stereocenters. The minimum atomic E-state index is -0.270. The molecule has 0 aliphatic carbocycles. The van der Waals surface area contributed by atoms with E-state index >= 15 is 0 Å². The molecule has 0 saturated heterocycles. The summed E-state index contributed by atoms with van der Waals surface area (Å²) in [5, 5.41) is 10.9. The lowest BCUT2D eigenvalue weighted by atomic mass is 10.1. The Hall–Kier alpha value is -2.96. The largest absolute Gasteiger partial charge is 0.330 e. The van der Waals surface area contributed by atoms with Crippen molar-refractivity contribution in [1.29, 1.82) is 0 Å². The number of carbonyl (C=O) groups excluding carboxylic acids is 1. The molecule has 0 aliphatic rings. The second kappa shape index (κ2) is 7.34. The molecule has 3 aromatic rings. The van der Waals surface area contributed by atoms with Crippen LogP contribution in [0.3, 0.4) is 0 Å². The van der Waals surface area contributed by atoms with Crippen molar-refractivity contribution in [3.05, 3.63) is 59.9 Å². The lowest BCUT2D eigenvalue weighted by molar-refractivity contribution is 0.102. The molecular formula is C20H26N6O. The normalized spacial score (nSPS) is 11.8. The highest BCUT2D eigenvalue weighted by molar-refractivity contribution is 6.02. The standard InChI is InChI=1S/C20H26N6O/c1-14(2)18-21-9-10-25(18)12-15-7-6-8-16(11-15)22-19(27)17-13-26(24-23-17)20(3,4)5/h6-11,13-14H,12H2,1-5H3,(H,22,27). The maximum atomic E-state index is 12.5. The van der Waals surface area contributed by atoms with Crippen molar-refractivity contribution in [2.24, 2.45) is 0 Å². The second-order valence-electron chi connectivity index (χ2n) is 7.94. The first-order valence-corrected chi connectivity index (χ1v) is 9.08. The third-order valence-corrected chi connectivity index (χ3v) is 4.22. The van der Waals surface area contributed by atoms with Gasteiger partial charge in [-0.25, -0.2) is 9.67 Å². The molecule has 0 fully saturated rings. The lowest BCUT2D eigenvalue weighted by Crippen LogP contribution is -2.22. The van der Waals surface area contributed by atoms with Crippen LogP contribution in [0.1, 0.15) is 62.4 Å². The lowest BCUT2D eigenvalue weighted by Gasteiger charge is -2.17. The van der Waals surface area contributed by atoms with Crippen LogP contribution in [0.2, 0.25) is 0 Å².